The first-order valence-electron chi connectivity index (χ1n) is 2.02. The van der Waals surface area contributed by atoms with Crippen molar-refractivity contribution >= 4 is 16.5 Å². The molecule has 0 N–H and O–H groups in total. The van der Waals surface area contributed by atoms with E-state index in [9.17, 15) is 4.21 Å². The van der Waals surface area contributed by atoms with Gasteiger partial charge >= 0.3 is 5.24 Å². The molecule has 1 rings (SSSR count). The predicted molar refractivity (Wildman–Crippen MR) is 26.1 cm³/mol. The van der Waals surface area contributed by atoms with Crippen molar-refractivity contribution in [1.29, 1.82) is 0 Å². The molecule has 4 nitrogen and oxygen atoms in total. The fourth-order valence-electron chi connectivity index (χ4n) is 0.311. The molecule has 1 fully saturated rings. The maximum Gasteiger partial charge on any atom is 0.313 e. The Labute approximate surface area is 49.3 Å². The van der Waals surface area contributed by atoms with Crippen molar-refractivity contribution in [1.82, 2.24) is 0 Å². The van der Waals surface area contributed by atoms with Gasteiger partial charge in [-0.2, -0.15) is 4.89 Å². The van der Waals surface area contributed by atoms with Crippen LogP contribution in [-0.2, 0) is 25.8 Å². The van der Waals surface area contributed by atoms with Crippen molar-refractivity contribution in [2.24, 2.45) is 0 Å². The van der Waals surface area contributed by atoms with Crippen molar-refractivity contribution in [3.8, 4) is 0 Å². The van der Waals surface area contributed by atoms with Gasteiger partial charge in [-0.3, -0.25) is 0 Å². The zero-order chi connectivity index (χ0) is 5.82. The van der Waals surface area contributed by atoms with Gasteiger partial charge in [0.25, 0.3) is 0 Å². The molecule has 5 heteroatoms. The Kier molecular flexibility index (Phi) is 2.16. The van der Waals surface area contributed by atoms with E-state index >= 15 is 0 Å². The summed E-state index contributed by atoms with van der Waals surface area (Å²) in [6, 6.07) is 0. The van der Waals surface area contributed by atoms with Gasteiger partial charge in [0.1, 0.15) is 6.61 Å². The van der Waals surface area contributed by atoms with E-state index in [1.54, 1.807) is 0 Å². The molecule has 0 aliphatic carbocycles. The Morgan fingerprint density at radius 3 is 2.75 bits per heavy atom. The number of hydrogen-bond donors (Lipinski definition) is 0. The summed E-state index contributed by atoms with van der Waals surface area (Å²) in [6.45, 7) is 0.772. The molecule has 0 bridgehead atoms. The lowest BCUT2D eigenvalue weighted by Gasteiger charge is -2.08. The van der Waals surface area contributed by atoms with Crippen molar-refractivity contribution in [2.75, 3.05) is 13.2 Å². The van der Waals surface area contributed by atoms with Gasteiger partial charge in [-0.15, -0.1) is 0 Å². The summed E-state index contributed by atoms with van der Waals surface area (Å²) in [7, 11) is 0. The Bertz CT molecular complexity index is 119. The molecule has 0 aromatic heterocycles. The minimum atomic E-state index is -0.0590. The molecule has 8 heavy (non-hydrogen) atoms. The molecule has 1 aliphatic heterocycles. The highest BCUT2D eigenvalue weighted by Crippen LogP contribution is 1.91. The Hall–Kier alpha value is -0.230. The van der Waals surface area contributed by atoms with Gasteiger partial charge in [0.15, 0.2) is 11.3 Å². The highest BCUT2D eigenvalue weighted by atomic mass is 32.1. The van der Waals surface area contributed by atoms with Gasteiger partial charge in [0, 0.05) is 0 Å². The molecule has 1 saturated heterocycles. The van der Waals surface area contributed by atoms with Crippen LogP contribution in [0, 0.1) is 0 Å². The summed E-state index contributed by atoms with van der Waals surface area (Å²) >= 11 is 0.143. The third kappa shape index (κ3) is 1.38. The fraction of sp³-hybridized carbons (Fsp3) is 0.667. The first-order chi connectivity index (χ1) is 3.93. The third-order valence-electron chi connectivity index (χ3n) is 0.582. The Balaban J connectivity index is 2.45. The fourth-order valence-corrected chi connectivity index (χ4v) is 0.518. The van der Waals surface area contributed by atoms with Gasteiger partial charge in [-0.1, -0.05) is 0 Å². The average Bonchev–Trinajstić information content (AvgIpc) is 1.90. The standard InChI is InChI=1S/C3H4O4S/c4-8-3-5-1-2-6-7-3/h1-2H2. The van der Waals surface area contributed by atoms with Crippen LogP contribution in [0.3, 0.4) is 0 Å². The van der Waals surface area contributed by atoms with E-state index in [1.807, 2.05) is 0 Å². The van der Waals surface area contributed by atoms with E-state index in [-0.39, 0.29) is 16.5 Å². The van der Waals surface area contributed by atoms with E-state index in [0.717, 1.165) is 0 Å². The van der Waals surface area contributed by atoms with Crippen LogP contribution in [0.2, 0.25) is 0 Å². The van der Waals surface area contributed by atoms with Crippen LogP contribution in [0.4, 0.5) is 0 Å². The molecule has 1 heterocycles. The molecule has 0 aromatic rings. The molecule has 0 saturated carbocycles. The van der Waals surface area contributed by atoms with E-state index in [2.05, 4.69) is 14.5 Å². The van der Waals surface area contributed by atoms with Crippen molar-refractivity contribution in [3.05, 3.63) is 0 Å². The summed E-state index contributed by atoms with van der Waals surface area (Å²) < 4.78 is 14.5. The molecule has 46 valence electrons. The van der Waals surface area contributed by atoms with Gasteiger partial charge in [0.05, 0.1) is 6.61 Å². The lowest BCUT2D eigenvalue weighted by molar-refractivity contribution is -0.263. The summed E-state index contributed by atoms with van der Waals surface area (Å²) in [5, 5.41) is -0.0590. The van der Waals surface area contributed by atoms with Gasteiger partial charge < -0.3 is 4.74 Å². The molecule has 1 aliphatic rings. The second-order valence-corrected chi connectivity index (χ2v) is 1.59. The summed E-state index contributed by atoms with van der Waals surface area (Å²) in [6.07, 6.45) is 0. The van der Waals surface area contributed by atoms with Crippen molar-refractivity contribution < 1.29 is 18.7 Å². The smallest absolute Gasteiger partial charge is 0.310 e. The minimum absolute atomic E-state index is 0.0590. The highest BCUT2D eigenvalue weighted by Gasteiger charge is 2.06. The van der Waals surface area contributed by atoms with Crippen LogP contribution >= 0.6 is 0 Å². The molecule has 0 atom stereocenters. The number of ether oxygens (including phenoxy) is 1. The average molecular weight is 136 g/mol. The van der Waals surface area contributed by atoms with Crippen molar-refractivity contribution in [2.45, 2.75) is 0 Å². The van der Waals surface area contributed by atoms with E-state index < -0.39 is 0 Å². The second kappa shape index (κ2) is 2.93. The summed E-state index contributed by atoms with van der Waals surface area (Å²) in [4.78, 5) is 8.66. The molecule has 0 unspecified atom stereocenters. The topological polar surface area (TPSA) is 44.8 Å². The van der Waals surface area contributed by atoms with Gasteiger partial charge in [0.2, 0.25) is 0 Å². The van der Waals surface area contributed by atoms with Crippen LogP contribution < -0.4 is 0 Å². The first-order valence-corrected chi connectivity index (χ1v) is 2.76. The van der Waals surface area contributed by atoms with Crippen LogP contribution in [0.25, 0.3) is 0 Å². The van der Waals surface area contributed by atoms with Crippen LogP contribution in [0.1, 0.15) is 0 Å². The second-order valence-electron chi connectivity index (χ2n) is 1.09. The maximum absolute atomic E-state index is 9.83. The number of hydrogen-bond acceptors (Lipinski definition) is 4. The third-order valence-corrected chi connectivity index (χ3v) is 0.904. The molecule has 0 amide bonds. The van der Waals surface area contributed by atoms with Crippen LogP contribution in [0.5, 0.6) is 0 Å². The minimum Gasteiger partial charge on any atom is -0.310 e. The van der Waals surface area contributed by atoms with Crippen LogP contribution in [0.15, 0.2) is 0 Å². The maximum atomic E-state index is 9.83. The Morgan fingerprint density at radius 1 is 1.50 bits per heavy atom. The van der Waals surface area contributed by atoms with Crippen molar-refractivity contribution in [3.63, 3.8) is 0 Å². The molecular formula is C3H4O4S. The van der Waals surface area contributed by atoms with E-state index in [4.69, 9.17) is 0 Å². The zero-order valence-corrected chi connectivity index (χ0v) is 4.77. The van der Waals surface area contributed by atoms with Gasteiger partial charge in [-0.25, -0.2) is 9.10 Å². The molecular weight excluding hydrogens is 132 g/mol. The van der Waals surface area contributed by atoms with E-state index in [1.165, 1.54) is 0 Å². The molecule has 0 aromatic carbocycles. The quantitative estimate of drug-likeness (QED) is 0.325. The lowest BCUT2D eigenvalue weighted by atomic mass is 10.8. The zero-order valence-electron chi connectivity index (χ0n) is 3.96. The Morgan fingerprint density at radius 2 is 2.38 bits per heavy atom. The van der Waals surface area contributed by atoms with Gasteiger partial charge in [-0.05, 0) is 0 Å². The normalized spacial score (nSPS) is 20.8. The highest BCUT2D eigenvalue weighted by molar-refractivity contribution is 7.65. The van der Waals surface area contributed by atoms with Crippen LogP contribution in [-0.4, -0.2) is 22.7 Å². The molecule has 0 radical (unpaired) electrons. The largest absolute Gasteiger partial charge is 0.313 e. The predicted octanol–water partition coefficient (Wildman–Crippen LogP) is -0.735. The summed E-state index contributed by atoms with van der Waals surface area (Å²) in [5.74, 6) is 0. The molecule has 0 spiro atoms. The first kappa shape index (κ1) is 5.90. The lowest BCUT2D eigenvalue weighted by Crippen LogP contribution is -2.20. The van der Waals surface area contributed by atoms with E-state index in [0.29, 0.717) is 13.2 Å². The number of rotatable bonds is 0. The monoisotopic (exact) mass is 136 g/mol. The SMILES string of the molecule is O=S=C1OCCOO1. The summed E-state index contributed by atoms with van der Waals surface area (Å²) in [5.41, 5.74) is 0.